The highest BCUT2D eigenvalue weighted by Gasteiger charge is 2.11. The molecule has 0 spiro atoms. The summed E-state index contributed by atoms with van der Waals surface area (Å²) < 4.78 is 30.4. The summed E-state index contributed by atoms with van der Waals surface area (Å²) in [6.45, 7) is 2.06. The summed E-state index contributed by atoms with van der Waals surface area (Å²) in [6.07, 6.45) is 2.00. The van der Waals surface area contributed by atoms with Gasteiger partial charge in [-0.3, -0.25) is 9.78 Å². The molecule has 0 amide bonds. The van der Waals surface area contributed by atoms with Crippen molar-refractivity contribution in [3.63, 3.8) is 0 Å². The normalized spacial score (nSPS) is 11.2. The van der Waals surface area contributed by atoms with Gasteiger partial charge in [0.05, 0.1) is 18.8 Å². The Morgan fingerprint density at radius 2 is 2.21 bits per heavy atom. The van der Waals surface area contributed by atoms with Gasteiger partial charge in [0.25, 0.3) is 0 Å². The Labute approximate surface area is 113 Å². The molecule has 106 valence electrons. The lowest BCUT2D eigenvalue weighted by Gasteiger charge is -2.06. The minimum atomic E-state index is -3.39. The number of esters is 1. The molecule has 0 aromatic carbocycles. The monoisotopic (exact) mass is 286 g/mol. The number of sulfonamides is 1. The van der Waals surface area contributed by atoms with Gasteiger partial charge in [0.2, 0.25) is 10.0 Å². The van der Waals surface area contributed by atoms with Gasteiger partial charge in [-0.15, -0.1) is 0 Å². The highest BCUT2D eigenvalue weighted by Crippen LogP contribution is 1.97. The van der Waals surface area contributed by atoms with Crippen molar-refractivity contribution >= 4 is 16.0 Å². The third-order valence-electron chi connectivity index (χ3n) is 2.31. The van der Waals surface area contributed by atoms with E-state index >= 15 is 0 Å². The minimum absolute atomic E-state index is 0.0384. The number of pyridine rings is 1. The third-order valence-corrected chi connectivity index (χ3v) is 3.70. The standard InChI is InChI=1S/C12H18N2O4S/c1-2-18-12(15)6-9-14-19(16,17)10-7-11-5-3-4-8-13-11/h3-5,8,14H,2,6-7,9-10H2,1H3. The second kappa shape index (κ2) is 7.85. The molecule has 0 bridgehead atoms. The van der Waals surface area contributed by atoms with E-state index in [-0.39, 0.29) is 18.7 Å². The topological polar surface area (TPSA) is 85.4 Å². The smallest absolute Gasteiger partial charge is 0.307 e. The molecule has 0 aliphatic carbocycles. The molecular weight excluding hydrogens is 268 g/mol. The summed E-state index contributed by atoms with van der Waals surface area (Å²) in [4.78, 5) is 15.1. The minimum Gasteiger partial charge on any atom is -0.466 e. The van der Waals surface area contributed by atoms with E-state index in [1.807, 2.05) is 6.07 Å². The van der Waals surface area contributed by atoms with Gasteiger partial charge in [0.15, 0.2) is 0 Å². The molecule has 0 aliphatic rings. The van der Waals surface area contributed by atoms with Crippen LogP contribution in [-0.2, 0) is 26.0 Å². The van der Waals surface area contributed by atoms with Crippen LogP contribution in [0.25, 0.3) is 0 Å². The van der Waals surface area contributed by atoms with Crippen molar-refractivity contribution in [2.45, 2.75) is 19.8 Å². The molecule has 0 atom stereocenters. The summed E-state index contributed by atoms with van der Waals surface area (Å²) in [5.74, 6) is -0.456. The average molecular weight is 286 g/mol. The number of hydrogen-bond donors (Lipinski definition) is 1. The molecule has 0 saturated carbocycles. The van der Waals surface area contributed by atoms with Crippen LogP contribution < -0.4 is 4.72 Å². The maximum atomic E-state index is 11.7. The number of nitrogens with zero attached hydrogens (tertiary/aromatic N) is 1. The van der Waals surface area contributed by atoms with E-state index < -0.39 is 16.0 Å². The Morgan fingerprint density at radius 3 is 2.84 bits per heavy atom. The Kier molecular flexibility index (Phi) is 6.44. The predicted molar refractivity (Wildman–Crippen MR) is 71.0 cm³/mol. The molecule has 7 heteroatoms. The molecule has 0 saturated heterocycles. The van der Waals surface area contributed by atoms with E-state index in [1.54, 1.807) is 25.3 Å². The van der Waals surface area contributed by atoms with E-state index in [4.69, 9.17) is 4.74 Å². The molecule has 1 aromatic heterocycles. The quantitative estimate of drug-likeness (QED) is 0.703. The van der Waals surface area contributed by atoms with Crippen molar-refractivity contribution in [1.29, 1.82) is 0 Å². The van der Waals surface area contributed by atoms with Gasteiger partial charge < -0.3 is 4.74 Å². The van der Waals surface area contributed by atoms with Gasteiger partial charge in [-0.05, 0) is 19.1 Å². The first kappa shape index (κ1) is 15.6. The summed E-state index contributed by atoms with van der Waals surface area (Å²) in [5.41, 5.74) is 0.721. The molecule has 1 heterocycles. The zero-order valence-corrected chi connectivity index (χ0v) is 11.6. The van der Waals surface area contributed by atoms with Crippen LogP contribution in [0.5, 0.6) is 0 Å². The van der Waals surface area contributed by atoms with E-state index in [2.05, 4.69) is 9.71 Å². The number of hydrogen-bond acceptors (Lipinski definition) is 5. The molecule has 0 fully saturated rings. The fourth-order valence-corrected chi connectivity index (χ4v) is 2.43. The maximum absolute atomic E-state index is 11.7. The van der Waals surface area contributed by atoms with Crippen LogP contribution >= 0.6 is 0 Å². The van der Waals surface area contributed by atoms with Gasteiger partial charge in [0.1, 0.15) is 0 Å². The maximum Gasteiger partial charge on any atom is 0.307 e. The molecule has 6 nitrogen and oxygen atoms in total. The van der Waals surface area contributed by atoms with Gasteiger partial charge in [0, 0.05) is 24.9 Å². The van der Waals surface area contributed by atoms with Gasteiger partial charge in [-0.2, -0.15) is 0 Å². The molecule has 1 rings (SSSR count). The van der Waals surface area contributed by atoms with E-state index in [1.165, 1.54) is 0 Å². The Bertz CT molecular complexity index is 488. The fraction of sp³-hybridized carbons (Fsp3) is 0.500. The summed E-state index contributed by atoms with van der Waals surface area (Å²) in [5, 5.41) is 0. The van der Waals surface area contributed by atoms with Crippen LogP contribution in [-0.4, -0.2) is 38.3 Å². The number of nitrogens with one attached hydrogen (secondary N) is 1. The summed E-state index contributed by atoms with van der Waals surface area (Å²) >= 11 is 0. The first-order valence-electron chi connectivity index (χ1n) is 6.06. The molecule has 19 heavy (non-hydrogen) atoms. The molecule has 1 N–H and O–H groups in total. The molecule has 1 aromatic rings. The van der Waals surface area contributed by atoms with Crippen molar-refractivity contribution in [3.05, 3.63) is 30.1 Å². The lowest BCUT2D eigenvalue weighted by Crippen LogP contribution is -2.29. The van der Waals surface area contributed by atoms with Crippen LogP contribution in [0, 0.1) is 0 Å². The van der Waals surface area contributed by atoms with Crippen LogP contribution in [0.15, 0.2) is 24.4 Å². The van der Waals surface area contributed by atoms with Crippen LogP contribution in [0.1, 0.15) is 19.0 Å². The van der Waals surface area contributed by atoms with E-state index in [0.717, 1.165) is 5.69 Å². The van der Waals surface area contributed by atoms with Crippen molar-refractivity contribution in [2.75, 3.05) is 18.9 Å². The number of rotatable bonds is 8. The van der Waals surface area contributed by atoms with Crippen LogP contribution in [0.3, 0.4) is 0 Å². The molecule has 0 radical (unpaired) electrons. The SMILES string of the molecule is CCOC(=O)CCNS(=O)(=O)CCc1ccccn1. The number of aryl methyl sites for hydroxylation is 1. The second-order valence-electron chi connectivity index (χ2n) is 3.84. The van der Waals surface area contributed by atoms with E-state index in [0.29, 0.717) is 13.0 Å². The van der Waals surface area contributed by atoms with Gasteiger partial charge in [-0.1, -0.05) is 6.07 Å². The molecular formula is C12H18N2O4S. The first-order valence-corrected chi connectivity index (χ1v) is 7.71. The fourth-order valence-electron chi connectivity index (χ4n) is 1.40. The lowest BCUT2D eigenvalue weighted by atomic mass is 10.3. The Morgan fingerprint density at radius 1 is 1.42 bits per heavy atom. The van der Waals surface area contributed by atoms with Crippen LogP contribution in [0.2, 0.25) is 0 Å². The van der Waals surface area contributed by atoms with Crippen molar-refractivity contribution < 1.29 is 17.9 Å². The average Bonchev–Trinajstić information content (AvgIpc) is 2.38. The number of carbonyl (C=O) groups is 1. The van der Waals surface area contributed by atoms with Gasteiger partial charge in [-0.25, -0.2) is 13.1 Å². The Balaban J connectivity index is 2.30. The van der Waals surface area contributed by atoms with E-state index in [9.17, 15) is 13.2 Å². The van der Waals surface area contributed by atoms with Crippen LogP contribution in [0.4, 0.5) is 0 Å². The molecule has 0 aliphatic heterocycles. The zero-order chi connectivity index (χ0) is 14.1. The highest BCUT2D eigenvalue weighted by atomic mass is 32.2. The lowest BCUT2D eigenvalue weighted by molar-refractivity contribution is -0.142. The second-order valence-corrected chi connectivity index (χ2v) is 5.77. The number of aromatic nitrogens is 1. The first-order chi connectivity index (χ1) is 9.03. The number of carbonyl (C=O) groups excluding carboxylic acids is 1. The Hall–Kier alpha value is -1.47. The molecule has 0 unspecified atom stereocenters. The summed E-state index contributed by atoms with van der Waals surface area (Å²) in [7, 11) is -3.39. The van der Waals surface area contributed by atoms with Gasteiger partial charge >= 0.3 is 5.97 Å². The van der Waals surface area contributed by atoms with Crippen molar-refractivity contribution in [2.24, 2.45) is 0 Å². The zero-order valence-electron chi connectivity index (χ0n) is 10.8. The largest absolute Gasteiger partial charge is 0.466 e. The predicted octanol–water partition coefficient (Wildman–Crippen LogP) is 0.497. The number of ether oxygens (including phenoxy) is 1. The third kappa shape index (κ3) is 6.88. The highest BCUT2D eigenvalue weighted by molar-refractivity contribution is 7.89. The van der Waals surface area contributed by atoms with Crippen molar-refractivity contribution in [1.82, 2.24) is 9.71 Å². The van der Waals surface area contributed by atoms with Crippen molar-refractivity contribution in [3.8, 4) is 0 Å². The summed E-state index contributed by atoms with van der Waals surface area (Å²) in [6, 6.07) is 5.35.